The topological polar surface area (TPSA) is 46.2 Å². The predicted molar refractivity (Wildman–Crippen MR) is 89.2 cm³/mol. The molecule has 0 fully saturated rings. The molecule has 20 heavy (non-hydrogen) atoms. The third-order valence-electron chi connectivity index (χ3n) is 3.00. The Morgan fingerprint density at radius 1 is 1.25 bits per heavy atom. The largest absolute Gasteiger partial charge is 0.309 e. The molecule has 0 saturated heterocycles. The van der Waals surface area contributed by atoms with E-state index in [0.29, 0.717) is 11.8 Å². The summed E-state index contributed by atoms with van der Waals surface area (Å²) in [6.07, 6.45) is 2.39. The summed E-state index contributed by atoms with van der Waals surface area (Å²) in [5, 5.41) is 3.53. The standard InChI is InChI=1S/C15H25NO2S2/c1-4-9-16-15(12-19-10-11-20(3,17)18)14-7-5-13(2)6-8-14/h5-8,15-16H,4,9-12H2,1-3H3. The van der Waals surface area contributed by atoms with Crippen molar-refractivity contribution in [2.75, 3.05) is 30.1 Å². The fraction of sp³-hybridized carbons (Fsp3) is 0.600. The van der Waals surface area contributed by atoms with Crippen molar-refractivity contribution in [3.63, 3.8) is 0 Å². The van der Waals surface area contributed by atoms with Gasteiger partial charge in [0.2, 0.25) is 0 Å². The van der Waals surface area contributed by atoms with Gasteiger partial charge < -0.3 is 5.32 Å². The highest BCUT2D eigenvalue weighted by atomic mass is 32.2. The molecule has 5 heteroatoms. The molecule has 1 aromatic carbocycles. The third kappa shape index (κ3) is 7.31. The van der Waals surface area contributed by atoms with Crippen LogP contribution in [0.5, 0.6) is 0 Å². The van der Waals surface area contributed by atoms with Crippen LogP contribution in [-0.4, -0.2) is 38.5 Å². The second kappa shape index (κ2) is 8.70. The summed E-state index contributed by atoms with van der Waals surface area (Å²) in [7, 11) is -2.85. The summed E-state index contributed by atoms with van der Waals surface area (Å²) in [6, 6.07) is 8.84. The molecular formula is C15H25NO2S2. The molecule has 1 aromatic rings. The molecule has 1 N–H and O–H groups in total. The average molecular weight is 316 g/mol. The second-order valence-corrected chi connectivity index (χ2v) is 8.53. The van der Waals surface area contributed by atoms with Crippen molar-refractivity contribution in [2.45, 2.75) is 26.3 Å². The predicted octanol–water partition coefficient (Wildman–Crippen LogP) is 2.81. The maximum absolute atomic E-state index is 11.1. The number of hydrogen-bond donors (Lipinski definition) is 1. The van der Waals surface area contributed by atoms with Crippen molar-refractivity contribution in [1.29, 1.82) is 0 Å². The molecule has 0 saturated carbocycles. The molecule has 0 aromatic heterocycles. The molecule has 0 bridgehead atoms. The molecule has 0 amide bonds. The maximum atomic E-state index is 11.1. The van der Waals surface area contributed by atoms with Gasteiger partial charge in [-0.3, -0.25) is 0 Å². The molecule has 3 nitrogen and oxygen atoms in total. The lowest BCUT2D eigenvalue weighted by molar-refractivity contribution is 0.577. The zero-order chi connectivity index (χ0) is 15.0. The van der Waals surface area contributed by atoms with Gasteiger partial charge in [0.15, 0.2) is 0 Å². The minimum Gasteiger partial charge on any atom is -0.309 e. The van der Waals surface area contributed by atoms with Gasteiger partial charge >= 0.3 is 0 Å². The molecule has 0 spiro atoms. The molecule has 0 aliphatic carbocycles. The molecule has 1 atom stereocenters. The van der Waals surface area contributed by atoms with E-state index >= 15 is 0 Å². The van der Waals surface area contributed by atoms with Gasteiger partial charge in [0.1, 0.15) is 9.84 Å². The SMILES string of the molecule is CCCNC(CSCCS(C)(=O)=O)c1ccc(C)cc1. The Bertz CT molecular complexity index is 483. The van der Waals surface area contributed by atoms with Gasteiger partial charge in [0.05, 0.1) is 5.75 Å². The quantitative estimate of drug-likeness (QED) is 0.712. The van der Waals surface area contributed by atoms with Crippen molar-refractivity contribution in [3.8, 4) is 0 Å². The molecule has 0 radical (unpaired) electrons. The van der Waals surface area contributed by atoms with E-state index in [9.17, 15) is 8.42 Å². The van der Waals surface area contributed by atoms with Crippen molar-refractivity contribution in [3.05, 3.63) is 35.4 Å². The smallest absolute Gasteiger partial charge is 0.148 e. The first-order chi connectivity index (χ1) is 9.42. The number of nitrogens with one attached hydrogen (secondary N) is 1. The van der Waals surface area contributed by atoms with Crippen LogP contribution < -0.4 is 5.32 Å². The minimum atomic E-state index is -2.85. The Morgan fingerprint density at radius 2 is 1.90 bits per heavy atom. The van der Waals surface area contributed by atoms with E-state index in [1.165, 1.54) is 17.4 Å². The molecule has 1 unspecified atom stereocenters. The van der Waals surface area contributed by atoms with Gasteiger partial charge in [0, 0.05) is 23.8 Å². The first kappa shape index (κ1) is 17.5. The number of hydrogen-bond acceptors (Lipinski definition) is 4. The summed E-state index contributed by atoms with van der Waals surface area (Å²) in [5.74, 6) is 1.82. The van der Waals surface area contributed by atoms with E-state index in [0.717, 1.165) is 18.7 Å². The van der Waals surface area contributed by atoms with Gasteiger partial charge in [-0.05, 0) is 25.5 Å². The molecule has 114 valence electrons. The minimum absolute atomic E-state index is 0.256. The molecule has 0 aliphatic heterocycles. The van der Waals surface area contributed by atoms with E-state index in [-0.39, 0.29) is 5.75 Å². The van der Waals surface area contributed by atoms with Crippen LogP contribution in [0.25, 0.3) is 0 Å². The Balaban J connectivity index is 2.53. The molecular weight excluding hydrogens is 290 g/mol. The fourth-order valence-corrected chi connectivity index (χ4v) is 4.20. The number of rotatable bonds is 9. The van der Waals surface area contributed by atoms with Crippen LogP contribution in [0.15, 0.2) is 24.3 Å². The summed E-state index contributed by atoms with van der Waals surface area (Å²) >= 11 is 1.70. The summed E-state index contributed by atoms with van der Waals surface area (Å²) in [4.78, 5) is 0. The number of thioether (sulfide) groups is 1. The van der Waals surface area contributed by atoms with Gasteiger partial charge in [-0.25, -0.2) is 8.42 Å². The summed E-state index contributed by atoms with van der Waals surface area (Å²) < 4.78 is 22.3. The van der Waals surface area contributed by atoms with E-state index in [2.05, 4.69) is 43.4 Å². The number of sulfone groups is 1. The average Bonchev–Trinajstić information content (AvgIpc) is 2.38. The van der Waals surface area contributed by atoms with Crippen molar-refractivity contribution < 1.29 is 8.42 Å². The third-order valence-corrected chi connectivity index (χ3v) is 5.27. The van der Waals surface area contributed by atoms with Crippen molar-refractivity contribution in [1.82, 2.24) is 5.32 Å². The lowest BCUT2D eigenvalue weighted by atomic mass is 10.1. The van der Waals surface area contributed by atoms with Crippen LogP contribution in [0.2, 0.25) is 0 Å². The summed E-state index contributed by atoms with van der Waals surface area (Å²) in [6.45, 7) is 5.21. The van der Waals surface area contributed by atoms with E-state index in [1.54, 1.807) is 11.8 Å². The highest BCUT2D eigenvalue weighted by molar-refractivity contribution is 8.00. The summed E-state index contributed by atoms with van der Waals surface area (Å²) in [5.41, 5.74) is 2.53. The van der Waals surface area contributed by atoms with Gasteiger partial charge in [0.25, 0.3) is 0 Å². The highest BCUT2D eigenvalue weighted by Crippen LogP contribution is 2.19. The lowest BCUT2D eigenvalue weighted by Crippen LogP contribution is -2.24. The normalized spacial score (nSPS) is 13.3. The highest BCUT2D eigenvalue weighted by Gasteiger charge is 2.11. The first-order valence-corrected chi connectivity index (χ1v) is 10.2. The van der Waals surface area contributed by atoms with Crippen LogP contribution in [0, 0.1) is 6.92 Å². The van der Waals surface area contributed by atoms with Gasteiger partial charge in [-0.2, -0.15) is 11.8 Å². The van der Waals surface area contributed by atoms with Gasteiger partial charge in [-0.15, -0.1) is 0 Å². The number of benzene rings is 1. The van der Waals surface area contributed by atoms with Crippen molar-refractivity contribution in [2.24, 2.45) is 0 Å². The Hall–Kier alpha value is -0.520. The monoisotopic (exact) mass is 315 g/mol. The van der Waals surface area contributed by atoms with Crippen LogP contribution in [0.3, 0.4) is 0 Å². The Labute approximate surface area is 127 Å². The van der Waals surface area contributed by atoms with E-state index in [4.69, 9.17) is 0 Å². The second-order valence-electron chi connectivity index (χ2n) is 5.12. The maximum Gasteiger partial charge on any atom is 0.148 e. The fourth-order valence-electron chi connectivity index (χ4n) is 1.80. The van der Waals surface area contributed by atoms with Crippen LogP contribution in [0.4, 0.5) is 0 Å². The van der Waals surface area contributed by atoms with Gasteiger partial charge in [-0.1, -0.05) is 36.8 Å². The van der Waals surface area contributed by atoms with E-state index in [1.807, 2.05) is 0 Å². The van der Waals surface area contributed by atoms with Crippen LogP contribution in [0.1, 0.15) is 30.5 Å². The molecule has 0 aliphatic rings. The van der Waals surface area contributed by atoms with Crippen LogP contribution >= 0.6 is 11.8 Å². The Kier molecular flexibility index (Phi) is 7.62. The first-order valence-electron chi connectivity index (χ1n) is 6.98. The zero-order valence-corrected chi connectivity index (χ0v) is 14.2. The zero-order valence-electron chi connectivity index (χ0n) is 12.6. The lowest BCUT2D eigenvalue weighted by Gasteiger charge is -2.19. The van der Waals surface area contributed by atoms with Crippen molar-refractivity contribution >= 4 is 21.6 Å². The number of aryl methyl sites for hydroxylation is 1. The van der Waals surface area contributed by atoms with Crippen LogP contribution in [-0.2, 0) is 9.84 Å². The Morgan fingerprint density at radius 3 is 2.45 bits per heavy atom. The molecule has 0 heterocycles. The van der Waals surface area contributed by atoms with E-state index < -0.39 is 9.84 Å². The molecule has 1 rings (SSSR count).